The van der Waals surface area contributed by atoms with Gasteiger partial charge < -0.3 is 15.2 Å². The molecule has 0 aliphatic carbocycles. The maximum Gasteiger partial charge on any atom is 0.160 e. The molecule has 2 heterocycles. The number of hydrogen-bond acceptors (Lipinski definition) is 5. The van der Waals surface area contributed by atoms with Crippen molar-refractivity contribution in [3.05, 3.63) is 23.8 Å². The van der Waals surface area contributed by atoms with Gasteiger partial charge in [-0.1, -0.05) is 6.92 Å². The highest BCUT2D eigenvalue weighted by Gasteiger charge is 2.37. The van der Waals surface area contributed by atoms with Gasteiger partial charge in [0.15, 0.2) is 5.82 Å². The van der Waals surface area contributed by atoms with Crippen molar-refractivity contribution < 1.29 is 9.47 Å². The van der Waals surface area contributed by atoms with Gasteiger partial charge in [0.25, 0.3) is 0 Å². The van der Waals surface area contributed by atoms with Crippen LogP contribution in [0.4, 0.5) is 0 Å². The molecule has 5 heteroatoms. The summed E-state index contributed by atoms with van der Waals surface area (Å²) in [7, 11) is 1.72. The van der Waals surface area contributed by atoms with E-state index in [9.17, 15) is 0 Å². The molecule has 1 atom stereocenters. The lowest BCUT2D eigenvalue weighted by Crippen LogP contribution is -2.37. The highest BCUT2D eigenvalue weighted by molar-refractivity contribution is 5.11. The Morgan fingerprint density at radius 3 is 2.53 bits per heavy atom. The number of rotatable bonds is 5. The Hall–Kier alpha value is -1.04. The Morgan fingerprint density at radius 1 is 1.37 bits per heavy atom. The molecular weight excluding hydrogens is 242 g/mol. The Balaban J connectivity index is 2.12. The Labute approximate surface area is 114 Å². The Morgan fingerprint density at radius 2 is 2.00 bits per heavy atom. The van der Waals surface area contributed by atoms with E-state index in [0.717, 1.165) is 37.1 Å². The fourth-order valence-electron chi connectivity index (χ4n) is 2.36. The van der Waals surface area contributed by atoms with E-state index in [-0.39, 0.29) is 11.6 Å². The van der Waals surface area contributed by atoms with Crippen molar-refractivity contribution in [2.45, 2.75) is 44.2 Å². The quantitative estimate of drug-likeness (QED) is 0.871. The molecule has 5 nitrogen and oxygen atoms in total. The van der Waals surface area contributed by atoms with Crippen molar-refractivity contribution >= 4 is 0 Å². The summed E-state index contributed by atoms with van der Waals surface area (Å²) in [4.78, 5) is 8.97. The van der Waals surface area contributed by atoms with Crippen molar-refractivity contribution in [2.75, 3.05) is 20.3 Å². The minimum Gasteiger partial charge on any atom is -0.381 e. The van der Waals surface area contributed by atoms with Crippen LogP contribution in [0, 0.1) is 0 Å². The second-order valence-electron chi connectivity index (χ2n) is 5.10. The predicted molar refractivity (Wildman–Crippen MR) is 72.7 cm³/mol. The van der Waals surface area contributed by atoms with Crippen LogP contribution in [0.5, 0.6) is 0 Å². The molecule has 0 amide bonds. The van der Waals surface area contributed by atoms with Crippen LogP contribution in [0.2, 0.25) is 0 Å². The predicted octanol–water partition coefficient (Wildman–Crippen LogP) is 1.41. The third-order valence-corrected chi connectivity index (χ3v) is 3.83. The van der Waals surface area contributed by atoms with Crippen LogP contribution in [0.1, 0.15) is 37.6 Å². The van der Waals surface area contributed by atoms with Crippen LogP contribution in [-0.4, -0.2) is 36.3 Å². The van der Waals surface area contributed by atoms with Crippen molar-refractivity contribution in [3.8, 4) is 0 Å². The largest absolute Gasteiger partial charge is 0.381 e. The zero-order valence-electron chi connectivity index (χ0n) is 11.8. The minimum atomic E-state index is -0.385. The molecule has 0 aromatic carbocycles. The average Bonchev–Trinajstić information content (AvgIpc) is 2.48. The molecule has 1 aliphatic heterocycles. The third kappa shape index (κ3) is 3.29. The monoisotopic (exact) mass is 265 g/mol. The zero-order valence-corrected chi connectivity index (χ0v) is 11.8. The molecule has 2 rings (SSSR count). The molecular formula is C14H23N3O2. The van der Waals surface area contributed by atoms with E-state index in [1.807, 2.05) is 12.4 Å². The van der Waals surface area contributed by atoms with Gasteiger partial charge in [0.1, 0.15) is 5.60 Å². The molecule has 1 aromatic rings. The standard InChI is InChI=1S/C14H23N3O2/c1-3-12(15)8-11-9-16-13(17-10-11)14(18-2)4-6-19-7-5-14/h9-10,12H,3-8,15H2,1-2H3. The zero-order chi connectivity index (χ0) is 13.7. The number of aromatic nitrogens is 2. The summed E-state index contributed by atoms with van der Waals surface area (Å²) >= 11 is 0. The van der Waals surface area contributed by atoms with Gasteiger partial charge >= 0.3 is 0 Å². The summed E-state index contributed by atoms with van der Waals surface area (Å²) in [5.74, 6) is 0.757. The molecule has 1 unspecified atom stereocenters. The Bertz CT molecular complexity index is 388. The number of hydrogen-bond donors (Lipinski definition) is 1. The highest BCUT2D eigenvalue weighted by Crippen LogP contribution is 2.32. The van der Waals surface area contributed by atoms with Crippen molar-refractivity contribution in [1.82, 2.24) is 9.97 Å². The summed E-state index contributed by atoms with van der Waals surface area (Å²) in [6, 6.07) is 0.175. The molecule has 0 saturated carbocycles. The van der Waals surface area contributed by atoms with Gasteiger partial charge in [-0.05, 0) is 18.4 Å². The first-order valence-corrected chi connectivity index (χ1v) is 6.90. The normalized spacial score (nSPS) is 20.2. The average molecular weight is 265 g/mol. The first kappa shape index (κ1) is 14.4. The van der Waals surface area contributed by atoms with Crippen LogP contribution in [0.15, 0.2) is 12.4 Å². The van der Waals surface area contributed by atoms with Crippen molar-refractivity contribution in [1.29, 1.82) is 0 Å². The fourth-order valence-corrected chi connectivity index (χ4v) is 2.36. The van der Waals surface area contributed by atoms with Crippen LogP contribution < -0.4 is 5.73 Å². The molecule has 0 radical (unpaired) electrons. The van der Waals surface area contributed by atoms with Gasteiger partial charge in [-0.3, -0.25) is 0 Å². The highest BCUT2D eigenvalue weighted by atomic mass is 16.5. The van der Waals surface area contributed by atoms with Gasteiger partial charge in [-0.2, -0.15) is 0 Å². The SMILES string of the molecule is CCC(N)Cc1cnc(C2(OC)CCOCC2)nc1. The van der Waals surface area contributed by atoms with Crippen molar-refractivity contribution in [2.24, 2.45) is 5.73 Å². The van der Waals surface area contributed by atoms with Gasteiger partial charge in [0.2, 0.25) is 0 Å². The molecule has 0 spiro atoms. The summed E-state index contributed by atoms with van der Waals surface area (Å²) in [6.07, 6.45) is 7.12. The van der Waals surface area contributed by atoms with E-state index in [1.54, 1.807) is 7.11 Å². The third-order valence-electron chi connectivity index (χ3n) is 3.83. The van der Waals surface area contributed by atoms with Crippen LogP contribution >= 0.6 is 0 Å². The van der Waals surface area contributed by atoms with Gasteiger partial charge in [-0.15, -0.1) is 0 Å². The maximum absolute atomic E-state index is 5.94. The first-order valence-electron chi connectivity index (χ1n) is 6.90. The van der Waals surface area contributed by atoms with E-state index in [2.05, 4.69) is 16.9 Å². The molecule has 1 fully saturated rings. The number of nitrogens with zero attached hydrogens (tertiary/aromatic N) is 2. The molecule has 106 valence electrons. The number of methoxy groups -OCH3 is 1. The summed E-state index contributed by atoms with van der Waals surface area (Å²) in [6.45, 7) is 3.47. The van der Waals surface area contributed by atoms with E-state index in [0.29, 0.717) is 13.2 Å². The van der Waals surface area contributed by atoms with Crippen LogP contribution in [0.3, 0.4) is 0 Å². The lowest BCUT2D eigenvalue weighted by atomic mass is 9.93. The smallest absolute Gasteiger partial charge is 0.160 e. The maximum atomic E-state index is 5.94. The van der Waals surface area contributed by atoms with E-state index < -0.39 is 0 Å². The minimum absolute atomic E-state index is 0.175. The molecule has 19 heavy (non-hydrogen) atoms. The molecule has 1 aliphatic rings. The van der Waals surface area contributed by atoms with Crippen molar-refractivity contribution in [3.63, 3.8) is 0 Å². The molecule has 1 saturated heterocycles. The second-order valence-corrected chi connectivity index (χ2v) is 5.10. The van der Waals surface area contributed by atoms with E-state index in [4.69, 9.17) is 15.2 Å². The second kappa shape index (κ2) is 6.41. The van der Waals surface area contributed by atoms with Gasteiger partial charge in [0, 0.05) is 51.6 Å². The Kier molecular flexibility index (Phi) is 4.85. The van der Waals surface area contributed by atoms with Crippen LogP contribution in [-0.2, 0) is 21.5 Å². The summed E-state index contributed by atoms with van der Waals surface area (Å²) in [5.41, 5.74) is 6.64. The van der Waals surface area contributed by atoms with Crippen LogP contribution in [0.25, 0.3) is 0 Å². The van der Waals surface area contributed by atoms with E-state index in [1.165, 1.54) is 0 Å². The van der Waals surface area contributed by atoms with Gasteiger partial charge in [0.05, 0.1) is 0 Å². The molecule has 1 aromatic heterocycles. The first-order chi connectivity index (χ1) is 9.20. The summed E-state index contributed by atoms with van der Waals surface area (Å²) in [5, 5.41) is 0. The number of nitrogens with two attached hydrogens (primary N) is 1. The van der Waals surface area contributed by atoms with E-state index >= 15 is 0 Å². The molecule has 2 N–H and O–H groups in total. The number of ether oxygens (including phenoxy) is 2. The topological polar surface area (TPSA) is 70.3 Å². The van der Waals surface area contributed by atoms with Gasteiger partial charge in [-0.25, -0.2) is 9.97 Å². The summed E-state index contributed by atoms with van der Waals surface area (Å²) < 4.78 is 11.1. The lowest BCUT2D eigenvalue weighted by molar-refractivity contribution is -0.1000. The fraction of sp³-hybridized carbons (Fsp3) is 0.714. The lowest BCUT2D eigenvalue weighted by Gasteiger charge is -2.34. The molecule has 0 bridgehead atoms.